The van der Waals surface area contributed by atoms with Gasteiger partial charge in [-0.2, -0.15) is 5.10 Å². The third kappa shape index (κ3) is 3.73. The number of hydrogen-bond donors (Lipinski definition) is 0. The van der Waals surface area contributed by atoms with E-state index >= 15 is 0 Å². The Morgan fingerprint density at radius 1 is 1.26 bits per heavy atom. The third-order valence-electron chi connectivity index (χ3n) is 6.09. The van der Waals surface area contributed by atoms with Gasteiger partial charge in [0.05, 0.1) is 25.8 Å². The molecule has 2 aliphatic rings. The number of aromatic nitrogens is 2. The summed E-state index contributed by atoms with van der Waals surface area (Å²) in [6.45, 7) is 0.649. The normalized spacial score (nSPS) is 16.5. The van der Waals surface area contributed by atoms with Crippen molar-refractivity contribution < 1.29 is 9.53 Å². The molecule has 1 heterocycles. The quantitative estimate of drug-likeness (QED) is 0.786. The molecule has 0 bridgehead atoms. The van der Waals surface area contributed by atoms with Crippen LogP contribution in [0, 0.1) is 0 Å². The zero-order valence-electron chi connectivity index (χ0n) is 16.4. The Morgan fingerprint density at radius 3 is 2.85 bits per heavy atom. The van der Waals surface area contributed by atoms with Gasteiger partial charge in [-0.15, -0.1) is 0 Å². The number of rotatable bonds is 6. The molecule has 1 fully saturated rings. The van der Waals surface area contributed by atoms with E-state index in [9.17, 15) is 4.79 Å². The van der Waals surface area contributed by atoms with E-state index in [0.717, 1.165) is 42.7 Å². The molecule has 2 aliphatic carbocycles. The highest BCUT2D eigenvalue weighted by Gasteiger charge is 2.30. The highest BCUT2D eigenvalue weighted by Crippen LogP contribution is 2.29. The molecular formula is C22H29N3O2. The number of ether oxygens (including phenoxy) is 1. The van der Waals surface area contributed by atoms with Gasteiger partial charge in [-0.1, -0.05) is 25.0 Å². The summed E-state index contributed by atoms with van der Waals surface area (Å²) < 4.78 is 7.33. The Kier molecular flexibility index (Phi) is 5.19. The molecular weight excluding hydrogens is 338 g/mol. The van der Waals surface area contributed by atoms with Crippen molar-refractivity contribution in [3.8, 4) is 5.75 Å². The summed E-state index contributed by atoms with van der Waals surface area (Å²) in [5.41, 5.74) is 4.86. The maximum atomic E-state index is 13.3. The van der Waals surface area contributed by atoms with E-state index in [1.807, 2.05) is 36.0 Å². The fourth-order valence-corrected chi connectivity index (χ4v) is 4.68. The van der Waals surface area contributed by atoms with Crippen molar-refractivity contribution in [3.05, 3.63) is 46.8 Å². The largest absolute Gasteiger partial charge is 0.497 e. The van der Waals surface area contributed by atoms with Crippen LogP contribution in [0.4, 0.5) is 0 Å². The molecule has 2 aromatic rings. The first-order chi connectivity index (χ1) is 13.2. The molecule has 0 spiro atoms. The van der Waals surface area contributed by atoms with Crippen LogP contribution in [0.3, 0.4) is 0 Å². The highest BCUT2D eigenvalue weighted by molar-refractivity contribution is 5.79. The molecule has 4 rings (SSSR count). The van der Waals surface area contributed by atoms with Gasteiger partial charge in [0.25, 0.3) is 0 Å². The Balaban J connectivity index is 1.55. The topological polar surface area (TPSA) is 47.4 Å². The molecule has 0 radical (unpaired) electrons. The molecule has 0 unspecified atom stereocenters. The average molecular weight is 367 g/mol. The van der Waals surface area contributed by atoms with Gasteiger partial charge < -0.3 is 9.64 Å². The minimum absolute atomic E-state index is 0.201. The number of aryl methyl sites for hydroxylation is 1. The summed E-state index contributed by atoms with van der Waals surface area (Å²) in [5, 5.41) is 4.76. The van der Waals surface area contributed by atoms with E-state index < -0.39 is 0 Å². The molecule has 0 aliphatic heterocycles. The Hall–Kier alpha value is -2.30. The number of methoxy groups -OCH3 is 1. The number of nitrogens with zero attached hydrogens (tertiary/aromatic N) is 3. The number of hydrogen-bond acceptors (Lipinski definition) is 3. The number of carbonyl (C=O) groups excluding carboxylic acids is 1. The van der Waals surface area contributed by atoms with E-state index in [1.165, 1.54) is 30.5 Å². The summed E-state index contributed by atoms with van der Waals surface area (Å²) in [6.07, 6.45) is 8.48. The number of fused-ring (bicyclic) bond motifs is 1. The van der Waals surface area contributed by atoms with Crippen molar-refractivity contribution in [2.24, 2.45) is 7.05 Å². The second-order valence-electron chi connectivity index (χ2n) is 7.84. The second kappa shape index (κ2) is 7.75. The van der Waals surface area contributed by atoms with Crippen LogP contribution < -0.4 is 4.74 Å². The Bertz CT molecular complexity index is 821. The SMILES string of the molecule is COc1cccc(CC(=O)N(Cc2nn(C)c3c2CCC3)C2CCCC2)c1. The molecule has 5 nitrogen and oxygen atoms in total. The second-order valence-corrected chi connectivity index (χ2v) is 7.84. The molecule has 0 atom stereocenters. The molecule has 27 heavy (non-hydrogen) atoms. The van der Waals surface area contributed by atoms with Crippen LogP contribution >= 0.6 is 0 Å². The lowest BCUT2D eigenvalue weighted by Gasteiger charge is -2.29. The van der Waals surface area contributed by atoms with Gasteiger partial charge in [-0.25, -0.2) is 0 Å². The van der Waals surface area contributed by atoms with Gasteiger partial charge in [-0.3, -0.25) is 9.48 Å². The van der Waals surface area contributed by atoms with Crippen LogP contribution in [-0.4, -0.2) is 33.7 Å². The van der Waals surface area contributed by atoms with Crippen molar-refractivity contribution in [3.63, 3.8) is 0 Å². The van der Waals surface area contributed by atoms with Gasteiger partial charge in [0.2, 0.25) is 5.91 Å². The number of benzene rings is 1. The maximum Gasteiger partial charge on any atom is 0.227 e. The van der Waals surface area contributed by atoms with Crippen molar-refractivity contribution in [2.45, 2.75) is 64.0 Å². The highest BCUT2D eigenvalue weighted by atomic mass is 16.5. The van der Waals surface area contributed by atoms with Gasteiger partial charge in [0.1, 0.15) is 5.75 Å². The zero-order valence-corrected chi connectivity index (χ0v) is 16.4. The predicted octanol–water partition coefficient (Wildman–Crippen LogP) is 3.43. The molecule has 1 saturated carbocycles. The first-order valence-electron chi connectivity index (χ1n) is 10.1. The van der Waals surface area contributed by atoms with Crippen LogP contribution in [0.25, 0.3) is 0 Å². The molecule has 1 aromatic heterocycles. The van der Waals surface area contributed by atoms with Crippen LogP contribution in [0.5, 0.6) is 5.75 Å². The summed E-state index contributed by atoms with van der Waals surface area (Å²) in [4.78, 5) is 15.4. The average Bonchev–Trinajstić information content (AvgIpc) is 3.40. The lowest BCUT2D eigenvalue weighted by Crippen LogP contribution is -2.39. The first-order valence-corrected chi connectivity index (χ1v) is 10.1. The zero-order chi connectivity index (χ0) is 18.8. The number of amides is 1. The first kappa shape index (κ1) is 18.1. The molecule has 0 N–H and O–H groups in total. The Morgan fingerprint density at radius 2 is 2.07 bits per heavy atom. The predicted molar refractivity (Wildman–Crippen MR) is 105 cm³/mol. The lowest BCUT2D eigenvalue weighted by atomic mass is 10.1. The summed E-state index contributed by atoms with van der Waals surface area (Å²) in [7, 11) is 3.69. The maximum absolute atomic E-state index is 13.3. The van der Waals surface area contributed by atoms with Crippen LogP contribution in [0.1, 0.15) is 54.6 Å². The Labute approximate surface area is 161 Å². The molecule has 144 valence electrons. The van der Waals surface area contributed by atoms with Crippen molar-refractivity contribution in [2.75, 3.05) is 7.11 Å². The monoisotopic (exact) mass is 367 g/mol. The fourth-order valence-electron chi connectivity index (χ4n) is 4.68. The van der Waals surface area contributed by atoms with Crippen molar-refractivity contribution >= 4 is 5.91 Å². The smallest absolute Gasteiger partial charge is 0.227 e. The summed E-state index contributed by atoms with van der Waals surface area (Å²) in [5.74, 6) is 1.00. The lowest BCUT2D eigenvalue weighted by molar-refractivity contribution is -0.133. The summed E-state index contributed by atoms with van der Waals surface area (Å²) >= 11 is 0. The van der Waals surface area contributed by atoms with E-state index in [-0.39, 0.29) is 5.91 Å². The van der Waals surface area contributed by atoms with Gasteiger partial charge in [-0.05, 0) is 55.4 Å². The van der Waals surface area contributed by atoms with Crippen molar-refractivity contribution in [1.82, 2.24) is 14.7 Å². The van der Waals surface area contributed by atoms with E-state index in [0.29, 0.717) is 19.0 Å². The van der Waals surface area contributed by atoms with E-state index in [4.69, 9.17) is 9.84 Å². The minimum atomic E-state index is 0.201. The van der Waals surface area contributed by atoms with Crippen LogP contribution in [0.2, 0.25) is 0 Å². The summed E-state index contributed by atoms with van der Waals surface area (Å²) in [6, 6.07) is 8.18. The third-order valence-corrected chi connectivity index (χ3v) is 6.09. The number of carbonyl (C=O) groups is 1. The van der Waals surface area contributed by atoms with Gasteiger partial charge >= 0.3 is 0 Å². The van der Waals surface area contributed by atoms with Crippen LogP contribution in [0.15, 0.2) is 24.3 Å². The van der Waals surface area contributed by atoms with E-state index in [2.05, 4.69) is 4.90 Å². The molecule has 1 aromatic carbocycles. The van der Waals surface area contributed by atoms with Gasteiger partial charge in [0, 0.05) is 18.8 Å². The molecule has 1 amide bonds. The fraction of sp³-hybridized carbons (Fsp3) is 0.545. The minimum Gasteiger partial charge on any atom is -0.497 e. The van der Waals surface area contributed by atoms with E-state index in [1.54, 1.807) is 7.11 Å². The van der Waals surface area contributed by atoms with Crippen molar-refractivity contribution in [1.29, 1.82) is 0 Å². The standard InChI is InChI=1S/C22H29N3O2/c1-24-21-12-6-11-19(21)20(23-24)15-25(17-8-3-4-9-17)22(26)14-16-7-5-10-18(13-16)27-2/h5,7,10,13,17H,3-4,6,8-9,11-12,14-15H2,1-2H3. The van der Waals surface area contributed by atoms with Gasteiger partial charge in [0.15, 0.2) is 0 Å². The molecule has 0 saturated heterocycles. The van der Waals surface area contributed by atoms with Crippen LogP contribution in [-0.2, 0) is 37.6 Å². The molecule has 5 heteroatoms.